The minimum atomic E-state index is -0.464. The summed E-state index contributed by atoms with van der Waals surface area (Å²) in [5.74, 6) is 0.950. The Labute approximate surface area is 191 Å². The third kappa shape index (κ3) is 3.87. The maximum Gasteiger partial charge on any atom is 0.255 e. The number of amides is 1. The van der Waals surface area contributed by atoms with Crippen molar-refractivity contribution in [2.75, 3.05) is 10.6 Å². The van der Waals surface area contributed by atoms with E-state index >= 15 is 0 Å². The van der Waals surface area contributed by atoms with E-state index in [0.29, 0.717) is 28.7 Å². The molecule has 0 radical (unpaired) electrons. The number of fused-ring (bicyclic) bond motifs is 1. The minimum Gasteiger partial charge on any atom is -0.328 e. The summed E-state index contributed by atoms with van der Waals surface area (Å²) in [6, 6.07) is 13.1. The first kappa shape index (κ1) is 20.6. The molecule has 0 bridgehead atoms. The standard InChI is InChI=1S/C25H23N7O/c1-15-6-7-19(13-16(15)2)23-30-25-28-17(3)21(24(33)29-20-5-4-10-27-14-20)22(32(25)31-23)18-8-11-26-12-9-18/h4-14,22H,1-3H3,(H,29,33)(H,28,30,31). The van der Waals surface area contributed by atoms with E-state index in [-0.39, 0.29) is 5.91 Å². The average Bonchev–Trinajstić information content (AvgIpc) is 3.24. The lowest BCUT2D eigenvalue weighted by Crippen LogP contribution is -2.31. The number of nitrogens with zero attached hydrogens (tertiary/aromatic N) is 5. The summed E-state index contributed by atoms with van der Waals surface area (Å²) in [5, 5.41) is 11.0. The van der Waals surface area contributed by atoms with Gasteiger partial charge in [-0.3, -0.25) is 14.8 Å². The van der Waals surface area contributed by atoms with E-state index in [4.69, 9.17) is 10.1 Å². The molecular weight excluding hydrogens is 414 g/mol. The van der Waals surface area contributed by atoms with Gasteiger partial charge in [0.2, 0.25) is 5.95 Å². The van der Waals surface area contributed by atoms with Gasteiger partial charge in [-0.15, -0.1) is 5.10 Å². The van der Waals surface area contributed by atoms with Crippen molar-refractivity contribution in [1.29, 1.82) is 0 Å². The molecule has 1 aliphatic heterocycles. The van der Waals surface area contributed by atoms with Crippen molar-refractivity contribution in [2.24, 2.45) is 0 Å². The second-order valence-corrected chi connectivity index (χ2v) is 8.05. The van der Waals surface area contributed by atoms with Crippen molar-refractivity contribution >= 4 is 17.5 Å². The van der Waals surface area contributed by atoms with E-state index < -0.39 is 6.04 Å². The number of allylic oxidation sites excluding steroid dienone is 1. The summed E-state index contributed by atoms with van der Waals surface area (Å²) >= 11 is 0. The molecule has 0 saturated heterocycles. The number of hydrogen-bond acceptors (Lipinski definition) is 6. The van der Waals surface area contributed by atoms with Gasteiger partial charge < -0.3 is 10.6 Å². The summed E-state index contributed by atoms with van der Waals surface area (Å²) in [4.78, 5) is 26.4. The largest absolute Gasteiger partial charge is 0.328 e. The average molecular weight is 438 g/mol. The maximum absolute atomic E-state index is 13.4. The quantitative estimate of drug-likeness (QED) is 0.495. The Morgan fingerprint density at radius 3 is 2.55 bits per heavy atom. The first-order valence-electron chi connectivity index (χ1n) is 10.6. The summed E-state index contributed by atoms with van der Waals surface area (Å²) in [7, 11) is 0. The second kappa shape index (κ2) is 8.31. The SMILES string of the molecule is CC1=C(C(=O)Nc2cccnc2)C(c2ccncc2)n2nc(-c3ccc(C)c(C)c3)nc2N1. The fraction of sp³-hybridized carbons (Fsp3) is 0.160. The van der Waals surface area contributed by atoms with Gasteiger partial charge in [0.1, 0.15) is 6.04 Å². The molecule has 33 heavy (non-hydrogen) atoms. The van der Waals surface area contributed by atoms with Gasteiger partial charge >= 0.3 is 0 Å². The lowest BCUT2D eigenvalue weighted by Gasteiger charge is -2.28. The highest BCUT2D eigenvalue weighted by molar-refractivity contribution is 6.05. The molecular formula is C25H23N7O. The van der Waals surface area contributed by atoms with Crippen LogP contribution in [0.2, 0.25) is 0 Å². The van der Waals surface area contributed by atoms with Crippen LogP contribution in [-0.2, 0) is 4.79 Å². The van der Waals surface area contributed by atoms with Gasteiger partial charge in [-0.05, 0) is 67.8 Å². The third-order valence-electron chi connectivity index (χ3n) is 5.80. The van der Waals surface area contributed by atoms with Crippen LogP contribution in [0.5, 0.6) is 0 Å². The molecule has 4 aromatic rings. The molecule has 4 heterocycles. The first-order valence-corrected chi connectivity index (χ1v) is 10.6. The van der Waals surface area contributed by atoms with Crippen molar-refractivity contribution in [1.82, 2.24) is 24.7 Å². The van der Waals surface area contributed by atoms with E-state index in [0.717, 1.165) is 11.1 Å². The molecule has 0 aliphatic carbocycles. The van der Waals surface area contributed by atoms with Crippen LogP contribution in [0, 0.1) is 13.8 Å². The molecule has 2 N–H and O–H groups in total. The Balaban J connectivity index is 1.59. The topological polar surface area (TPSA) is 97.6 Å². The Bertz CT molecular complexity index is 1360. The van der Waals surface area contributed by atoms with Gasteiger partial charge in [-0.25, -0.2) is 4.68 Å². The Hall–Kier alpha value is -4.33. The predicted octanol–water partition coefficient (Wildman–Crippen LogP) is 4.28. The van der Waals surface area contributed by atoms with Crippen molar-refractivity contribution in [3.8, 4) is 11.4 Å². The van der Waals surface area contributed by atoms with Crippen molar-refractivity contribution in [2.45, 2.75) is 26.8 Å². The molecule has 1 unspecified atom stereocenters. The van der Waals surface area contributed by atoms with Crippen LogP contribution in [0.25, 0.3) is 11.4 Å². The number of rotatable bonds is 4. The molecule has 3 aromatic heterocycles. The number of carbonyl (C=O) groups excluding carboxylic acids is 1. The molecule has 8 nitrogen and oxygen atoms in total. The van der Waals surface area contributed by atoms with Crippen molar-refractivity contribution in [3.05, 3.63) is 95.2 Å². The second-order valence-electron chi connectivity index (χ2n) is 8.05. The van der Waals surface area contributed by atoms with E-state index in [1.54, 1.807) is 41.6 Å². The van der Waals surface area contributed by atoms with Gasteiger partial charge in [-0.1, -0.05) is 12.1 Å². The highest BCUT2D eigenvalue weighted by Crippen LogP contribution is 2.36. The lowest BCUT2D eigenvalue weighted by molar-refractivity contribution is -0.113. The normalized spacial score (nSPS) is 15.1. The van der Waals surface area contributed by atoms with E-state index in [1.165, 1.54) is 11.1 Å². The van der Waals surface area contributed by atoms with Crippen molar-refractivity contribution < 1.29 is 4.79 Å². The van der Waals surface area contributed by atoms with Crippen LogP contribution in [0.4, 0.5) is 11.6 Å². The molecule has 0 saturated carbocycles. The van der Waals surface area contributed by atoms with Crippen LogP contribution < -0.4 is 10.6 Å². The monoisotopic (exact) mass is 437 g/mol. The van der Waals surface area contributed by atoms with Gasteiger partial charge in [0, 0.05) is 29.9 Å². The zero-order chi connectivity index (χ0) is 22.9. The smallest absolute Gasteiger partial charge is 0.255 e. The zero-order valence-electron chi connectivity index (χ0n) is 18.6. The Morgan fingerprint density at radius 1 is 1.00 bits per heavy atom. The van der Waals surface area contributed by atoms with Crippen LogP contribution in [0.15, 0.2) is 78.5 Å². The summed E-state index contributed by atoms with van der Waals surface area (Å²) < 4.78 is 1.77. The molecule has 1 amide bonds. The molecule has 1 atom stereocenters. The first-order chi connectivity index (χ1) is 16.0. The molecule has 1 aromatic carbocycles. The number of aryl methyl sites for hydroxylation is 2. The van der Waals surface area contributed by atoms with Gasteiger partial charge in [0.05, 0.1) is 17.5 Å². The number of anilines is 2. The molecule has 0 spiro atoms. The third-order valence-corrected chi connectivity index (χ3v) is 5.80. The van der Waals surface area contributed by atoms with E-state index in [9.17, 15) is 4.79 Å². The minimum absolute atomic E-state index is 0.233. The number of pyridine rings is 2. The van der Waals surface area contributed by atoms with Gasteiger partial charge in [0.15, 0.2) is 5.82 Å². The summed E-state index contributed by atoms with van der Waals surface area (Å²) in [6.45, 7) is 6.02. The molecule has 8 heteroatoms. The summed E-state index contributed by atoms with van der Waals surface area (Å²) in [6.07, 6.45) is 6.71. The highest BCUT2D eigenvalue weighted by Gasteiger charge is 2.34. The van der Waals surface area contributed by atoms with Crippen molar-refractivity contribution in [3.63, 3.8) is 0 Å². The molecule has 0 fully saturated rings. The number of carbonyl (C=O) groups is 1. The number of hydrogen-bond donors (Lipinski definition) is 2. The number of nitrogens with one attached hydrogen (secondary N) is 2. The fourth-order valence-corrected chi connectivity index (χ4v) is 3.94. The lowest BCUT2D eigenvalue weighted by atomic mass is 9.96. The van der Waals surface area contributed by atoms with Gasteiger partial charge in [0.25, 0.3) is 5.91 Å². The maximum atomic E-state index is 13.4. The predicted molar refractivity (Wildman–Crippen MR) is 126 cm³/mol. The van der Waals surface area contributed by atoms with Crippen LogP contribution in [0.1, 0.15) is 29.7 Å². The van der Waals surface area contributed by atoms with Crippen LogP contribution in [-0.4, -0.2) is 30.6 Å². The Kier molecular flexibility index (Phi) is 5.18. The molecule has 164 valence electrons. The molecule has 1 aliphatic rings. The van der Waals surface area contributed by atoms with E-state index in [2.05, 4.69) is 46.6 Å². The van der Waals surface area contributed by atoms with E-state index in [1.807, 2.05) is 25.1 Å². The molecule has 5 rings (SSSR count). The highest BCUT2D eigenvalue weighted by atomic mass is 16.1. The Morgan fingerprint density at radius 2 is 1.82 bits per heavy atom. The summed E-state index contributed by atoms with van der Waals surface area (Å²) in [5.41, 5.74) is 6.08. The van der Waals surface area contributed by atoms with Crippen LogP contribution in [0.3, 0.4) is 0 Å². The fourth-order valence-electron chi connectivity index (χ4n) is 3.94. The number of aromatic nitrogens is 5. The van der Waals surface area contributed by atoms with Crippen LogP contribution >= 0.6 is 0 Å². The van der Waals surface area contributed by atoms with Gasteiger partial charge in [-0.2, -0.15) is 4.98 Å². The number of benzene rings is 1. The zero-order valence-corrected chi connectivity index (χ0v) is 18.6.